The van der Waals surface area contributed by atoms with Gasteiger partial charge in [-0.25, -0.2) is 8.78 Å². The van der Waals surface area contributed by atoms with E-state index in [1.807, 2.05) is 0 Å². The number of aryl methyl sites for hydroxylation is 1. The maximum atomic E-state index is 13.7. The highest BCUT2D eigenvalue weighted by Crippen LogP contribution is 2.26. The maximum Gasteiger partial charge on any atom is 0.146 e. The van der Waals surface area contributed by atoms with Crippen LogP contribution in [0.4, 0.5) is 14.5 Å². The van der Waals surface area contributed by atoms with E-state index in [1.54, 1.807) is 10.9 Å². The van der Waals surface area contributed by atoms with E-state index in [9.17, 15) is 8.78 Å². The first-order valence-electron chi connectivity index (χ1n) is 5.89. The monoisotopic (exact) mass is 251 g/mol. The van der Waals surface area contributed by atoms with Crippen LogP contribution in [0, 0.1) is 11.6 Å². The van der Waals surface area contributed by atoms with E-state index in [4.69, 9.17) is 5.73 Å². The Morgan fingerprint density at radius 2 is 2.06 bits per heavy atom. The van der Waals surface area contributed by atoms with Gasteiger partial charge in [0.05, 0.1) is 11.9 Å². The zero-order valence-electron chi connectivity index (χ0n) is 10.2. The Balaban J connectivity index is 2.31. The van der Waals surface area contributed by atoms with Crippen LogP contribution in [0.5, 0.6) is 0 Å². The summed E-state index contributed by atoms with van der Waals surface area (Å²) in [6, 6.07) is 2.10. The third-order valence-corrected chi connectivity index (χ3v) is 2.77. The van der Waals surface area contributed by atoms with Crippen LogP contribution in [0.25, 0.3) is 11.1 Å². The fraction of sp³-hybridized carbons (Fsp3) is 0.308. The molecule has 0 unspecified atom stereocenters. The van der Waals surface area contributed by atoms with Crippen LogP contribution in [0.1, 0.15) is 19.8 Å². The van der Waals surface area contributed by atoms with Crippen molar-refractivity contribution in [2.24, 2.45) is 0 Å². The molecule has 1 aromatic carbocycles. The molecule has 1 aromatic heterocycles. The third kappa shape index (κ3) is 2.50. The van der Waals surface area contributed by atoms with Gasteiger partial charge in [-0.15, -0.1) is 0 Å². The number of nitrogens with two attached hydrogens (primary N) is 1. The molecule has 18 heavy (non-hydrogen) atoms. The van der Waals surface area contributed by atoms with Crippen molar-refractivity contribution in [3.8, 4) is 11.1 Å². The minimum absolute atomic E-state index is 0.185. The lowest BCUT2D eigenvalue weighted by Gasteiger charge is -2.03. The molecule has 0 aliphatic heterocycles. The molecule has 0 aliphatic carbocycles. The second-order valence-electron chi connectivity index (χ2n) is 4.20. The van der Waals surface area contributed by atoms with E-state index in [1.165, 1.54) is 6.20 Å². The molecule has 0 radical (unpaired) electrons. The second kappa shape index (κ2) is 5.16. The molecule has 0 fully saturated rings. The van der Waals surface area contributed by atoms with Gasteiger partial charge in [0.25, 0.3) is 0 Å². The summed E-state index contributed by atoms with van der Waals surface area (Å²) in [4.78, 5) is 0. The first-order chi connectivity index (χ1) is 8.61. The average Bonchev–Trinajstić information content (AvgIpc) is 2.79. The number of nitrogen functional groups attached to an aromatic ring is 1. The lowest BCUT2D eigenvalue weighted by Crippen LogP contribution is -1.97. The van der Waals surface area contributed by atoms with Gasteiger partial charge >= 0.3 is 0 Å². The molecule has 2 rings (SSSR count). The SMILES string of the molecule is CCCCn1cc(-c2cc(F)c(N)cc2F)cn1. The van der Waals surface area contributed by atoms with E-state index in [2.05, 4.69) is 12.0 Å². The number of hydrogen-bond donors (Lipinski definition) is 1. The number of aromatic nitrogens is 2. The molecule has 2 aromatic rings. The van der Waals surface area contributed by atoms with Gasteiger partial charge in [0.2, 0.25) is 0 Å². The van der Waals surface area contributed by atoms with Crippen LogP contribution >= 0.6 is 0 Å². The molecule has 0 spiro atoms. The van der Waals surface area contributed by atoms with Gasteiger partial charge in [0, 0.05) is 29.9 Å². The largest absolute Gasteiger partial charge is 0.396 e. The molecule has 2 N–H and O–H groups in total. The molecule has 0 atom stereocenters. The lowest BCUT2D eigenvalue weighted by molar-refractivity contribution is 0.572. The van der Waals surface area contributed by atoms with E-state index in [-0.39, 0.29) is 11.3 Å². The van der Waals surface area contributed by atoms with Gasteiger partial charge in [-0.2, -0.15) is 5.10 Å². The van der Waals surface area contributed by atoms with Crippen LogP contribution in [0.3, 0.4) is 0 Å². The molecule has 3 nitrogen and oxygen atoms in total. The van der Waals surface area contributed by atoms with E-state index >= 15 is 0 Å². The smallest absolute Gasteiger partial charge is 0.146 e. The first kappa shape index (κ1) is 12.5. The van der Waals surface area contributed by atoms with Crippen molar-refractivity contribution in [3.63, 3.8) is 0 Å². The van der Waals surface area contributed by atoms with E-state index in [0.29, 0.717) is 5.56 Å². The molecular formula is C13H15F2N3. The number of halogens is 2. The number of rotatable bonds is 4. The summed E-state index contributed by atoms with van der Waals surface area (Å²) in [5, 5.41) is 4.12. The normalized spacial score (nSPS) is 10.8. The van der Waals surface area contributed by atoms with Crippen LogP contribution in [0.15, 0.2) is 24.5 Å². The molecule has 0 amide bonds. The quantitative estimate of drug-likeness (QED) is 0.848. The van der Waals surface area contributed by atoms with Gasteiger partial charge in [-0.1, -0.05) is 13.3 Å². The number of anilines is 1. The van der Waals surface area contributed by atoms with Crippen LogP contribution in [-0.2, 0) is 6.54 Å². The Kier molecular flexibility index (Phi) is 3.60. The zero-order valence-corrected chi connectivity index (χ0v) is 10.2. The molecular weight excluding hydrogens is 236 g/mol. The fourth-order valence-corrected chi connectivity index (χ4v) is 1.73. The molecule has 0 bridgehead atoms. The highest BCUT2D eigenvalue weighted by Gasteiger charge is 2.11. The van der Waals surface area contributed by atoms with Gasteiger partial charge in [0.15, 0.2) is 0 Å². The van der Waals surface area contributed by atoms with Crippen molar-refractivity contribution in [3.05, 3.63) is 36.2 Å². The maximum absolute atomic E-state index is 13.7. The Labute approximate surface area is 104 Å². The molecule has 5 heteroatoms. The fourth-order valence-electron chi connectivity index (χ4n) is 1.73. The minimum Gasteiger partial charge on any atom is -0.396 e. The van der Waals surface area contributed by atoms with Crippen LogP contribution in [-0.4, -0.2) is 9.78 Å². The van der Waals surface area contributed by atoms with Gasteiger partial charge in [-0.3, -0.25) is 4.68 Å². The van der Waals surface area contributed by atoms with Crippen LogP contribution in [0.2, 0.25) is 0 Å². The predicted octanol–water partition coefficient (Wildman–Crippen LogP) is 3.21. The molecule has 96 valence electrons. The summed E-state index contributed by atoms with van der Waals surface area (Å²) in [6.45, 7) is 2.86. The summed E-state index contributed by atoms with van der Waals surface area (Å²) in [5.41, 5.74) is 5.86. The number of nitrogens with zero attached hydrogens (tertiary/aromatic N) is 2. The number of unbranched alkanes of at least 4 members (excludes halogenated alkanes) is 1. The standard InChI is InChI=1S/C13H15F2N3/c1-2-3-4-18-8-9(7-17-18)10-5-12(15)13(16)6-11(10)14/h5-8H,2-4,16H2,1H3. The number of benzene rings is 1. The number of hydrogen-bond acceptors (Lipinski definition) is 2. The average molecular weight is 251 g/mol. The molecule has 0 saturated heterocycles. The second-order valence-corrected chi connectivity index (χ2v) is 4.20. The Hall–Kier alpha value is -1.91. The highest BCUT2D eigenvalue weighted by atomic mass is 19.1. The molecule has 0 saturated carbocycles. The highest BCUT2D eigenvalue weighted by molar-refractivity contribution is 5.65. The van der Waals surface area contributed by atoms with Crippen molar-refractivity contribution in [1.29, 1.82) is 0 Å². The van der Waals surface area contributed by atoms with Crippen molar-refractivity contribution in [1.82, 2.24) is 9.78 Å². The van der Waals surface area contributed by atoms with Gasteiger partial charge in [0.1, 0.15) is 11.6 Å². The Bertz CT molecular complexity index is 549. The van der Waals surface area contributed by atoms with Crippen LogP contribution < -0.4 is 5.73 Å². The topological polar surface area (TPSA) is 43.8 Å². The molecule has 0 aliphatic rings. The summed E-state index contributed by atoms with van der Waals surface area (Å²) < 4.78 is 28.8. The van der Waals surface area contributed by atoms with Crippen molar-refractivity contribution >= 4 is 5.69 Å². The van der Waals surface area contributed by atoms with E-state index < -0.39 is 11.6 Å². The van der Waals surface area contributed by atoms with Crippen molar-refractivity contribution < 1.29 is 8.78 Å². The Morgan fingerprint density at radius 1 is 1.28 bits per heavy atom. The van der Waals surface area contributed by atoms with Crippen molar-refractivity contribution in [2.45, 2.75) is 26.3 Å². The molecule has 1 heterocycles. The van der Waals surface area contributed by atoms with Gasteiger partial charge in [-0.05, 0) is 12.5 Å². The first-order valence-corrected chi connectivity index (χ1v) is 5.89. The minimum atomic E-state index is -0.618. The summed E-state index contributed by atoms with van der Waals surface area (Å²) in [5.74, 6) is -1.16. The summed E-state index contributed by atoms with van der Waals surface area (Å²) in [6.07, 6.45) is 5.30. The predicted molar refractivity (Wildman–Crippen MR) is 66.9 cm³/mol. The van der Waals surface area contributed by atoms with E-state index in [0.717, 1.165) is 31.5 Å². The third-order valence-electron chi connectivity index (χ3n) is 2.77. The Morgan fingerprint density at radius 3 is 2.78 bits per heavy atom. The lowest BCUT2D eigenvalue weighted by atomic mass is 10.1. The zero-order chi connectivity index (χ0) is 13.1. The summed E-state index contributed by atoms with van der Waals surface area (Å²) >= 11 is 0. The van der Waals surface area contributed by atoms with Gasteiger partial charge < -0.3 is 5.73 Å². The summed E-state index contributed by atoms with van der Waals surface area (Å²) in [7, 11) is 0. The van der Waals surface area contributed by atoms with Crippen molar-refractivity contribution in [2.75, 3.05) is 5.73 Å².